The molecular weight excluding hydrogens is 608 g/mol. The molecule has 3 aliphatic heterocycles. The summed E-state index contributed by atoms with van der Waals surface area (Å²) in [6.07, 6.45) is 7.05. The fraction of sp³-hybridized carbons (Fsp3) is 0.643. The van der Waals surface area contributed by atoms with Crippen molar-refractivity contribution in [3.8, 4) is 0 Å². The zero-order valence-electron chi connectivity index (χ0n) is 25.3. The van der Waals surface area contributed by atoms with Crippen LogP contribution in [0.3, 0.4) is 0 Å². The summed E-state index contributed by atoms with van der Waals surface area (Å²) in [4.78, 5) is 91.2. The van der Waals surface area contributed by atoms with Gasteiger partial charge in [0.15, 0.2) is 22.0 Å². The van der Waals surface area contributed by atoms with Crippen LogP contribution in [0.25, 0.3) is 0 Å². The fourth-order valence-electron chi connectivity index (χ4n) is 6.69. The molecule has 14 nitrogen and oxygen atoms in total. The zero-order valence-corrected chi connectivity index (χ0v) is 27.0. The van der Waals surface area contributed by atoms with Crippen LogP contribution < -0.4 is 0 Å². The lowest BCUT2D eigenvalue weighted by Gasteiger charge is -2.41. The van der Waals surface area contributed by atoms with E-state index in [4.69, 9.17) is 0 Å². The Balaban J connectivity index is 1.64. The van der Waals surface area contributed by atoms with Crippen molar-refractivity contribution < 1.29 is 28.8 Å². The molecule has 2 spiro atoms. The molecular formula is C28H36N8O6S2. The molecule has 0 aromatic carbocycles. The van der Waals surface area contributed by atoms with E-state index >= 15 is 0 Å². The monoisotopic (exact) mass is 644 g/mol. The molecule has 5 rings (SSSR count). The molecule has 0 aromatic rings. The number of aliphatic imine (C=N–C) groups is 2. The molecule has 3 heterocycles. The number of hydrogen-bond donors (Lipinski definition) is 0. The third-order valence-electron chi connectivity index (χ3n) is 8.57. The summed E-state index contributed by atoms with van der Waals surface area (Å²) in [7, 11) is 0. The van der Waals surface area contributed by atoms with Gasteiger partial charge in [-0.05, 0) is 25.7 Å². The van der Waals surface area contributed by atoms with Crippen LogP contribution in [-0.2, 0) is 28.8 Å². The van der Waals surface area contributed by atoms with Crippen molar-refractivity contribution in [3.63, 3.8) is 0 Å². The van der Waals surface area contributed by atoms with Crippen molar-refractivity contribution in [1.82, 2.24) is 19.8 Å². The van der Waals surface area contributed by atoms with Gasteiger partial charge in [-0.1, -0.05) is 62.0 Å². The Kier molecular flexibility index (Phi) is 9.12. The maximum Gasteiger partial charge on any atom is 0.260 e. The highest BCUT2D eigenvalue weighted by Gasteiger charge is 2.53. The smallest absolute Gasteiger partial charge is 0.260 e. The quantitative estimate of drug-likeness (QED) is 0.388. The highest BCUT2D eigenvalue weighted by Crippen LogP contribution is 2.43. The van der Waals surface area contributed by atoms with E-state index in [2.05, 4.69) is 20.2 Å². The minimum Gasteiger partial charge on any atom is -0.278 e. The molecule has 0 N–H and O–H groups in total. The largest absolute Gasteiger partial charge is 0.278 e. The second kappa shape index (κ2) is 12.5. The van der Waals surface area contributed by atoms with Crippen molar-refractivity contribution in [1.29, 1.82) is 0 Å². The molecule has 0 radical (unpaired) electrons. The number of nitrogens with zero attached hydrogens (tertiary/aromatic N) is 8. The summed E-state index contributed by atoms with van der Waals surface area (Å²) in [5, 5.41) is 10.9. The van der Waals surface area contributed by atoms with Gasteiger partial charge in [0.2, 0.25) is 23.6 Å². The van der Waals surface area contributed by atoms with Crippen LogP contribution in [0.15, 0.2) is 20.2 Å². The van der Waals surface area contributed by atoms with Crippen LogP contribution in [0.5, 0.6) is 0 Å². The molecule has 2 aliphatic carbocycles. The SMILES string of the molecule is CC(=O)N1/N=C2\N=C(SCC(=O)N(C(C)=O)/N=C3\N=C(SCC1=O)N(C(C)=O)C31CCCCC1)N(C(C)=O)C21CCCCC1. The average Bonchev–Trinajstić information content (AvgIpc) is 3.42. The maximum absolute atomic E-state index is 13.6. The number of fused-ring (bicyclic) bond motifs is 4. The van der Waals surface area contributed by atoms with Crippen molar-refractivity contribution in [2.45, 2.75) is 103 Å². The van der Waals surface area contributed by atoms with Crippen LogP contribution in [0.2, 0.25) is 0 Å². The molecule has 5 aliphatic rings. The Labute approximate surface area is 263 Å². The van der Waals surface area contributed by atoms with E-state index in [1.807, 2.05) is 0 Å². The van der Waals surface area contributed by atoms with Gasteiger partial charge in [0.05, 0.1) is 11.5 Å². The number of rotatable bonds is 0. The Hall–Kier alpha value is -3.40. The number of carbonyl (C=O) groups is 6. The Bertz CT molecular complexity index is 1320. The first-order chi connectivity index (χ1) is 20.9. The lowest BCUT2D eigenvalue weighted by Crippen LogP contribution is -2.55. The van der Waals surface area contributed by atoms with E-state index in [1.54, 1.807) is 0 Å². The third kappa shape index (κ3) is 5.61. The third-order valence-corrected chi connectivity index (χ3v) is 10.4. The van der Waals surface area contributed by atoms with E-state index in [0.717, 1.165) is 72.1 Å². The summed E-state index contributed by atoms with van der Waals surface area (Å²) in [6.45, 7) is 5.25. The Morgan fingerprint density at radius 3 is 1.20 bits per heavy atom. The summed E-state index contributed by atoms with van der Waals surface area (Å²) in [5.41, 5.74) is -1.96. The zero-order chi connectivity index (χ0) is 31.8. The van der Waals surface area contributed by atoms with Gasteiger partial charge in [-0.3, -0.25) is 38.6 Å². The first-order valence-electron chi connectivity index (χ1n) is 14.8. The molecule has 2 saturated carbocycles. The molecule has 0 aromatic heterocycles. The molecule has 44 heavy (non-hydrogen) atoms. The van der Waals surface area contributed by atoms with Gasteiger partial charge in [0, 0.05) is 27.7 Å². The number of imide groups is 2. The van der Waals surface area contributed by atoms with Crippen LogP contribution in [0.1, 0.15) is 91.9 Å². The van der Waals surface area contributed by atoms with Crippen LogP contribution in [0, 0.1) is 0 Å². The van der Waals surface area contributed by atoms with E-state index in [9.17, 15) is 28.8 Å². The first kappa shape index (κ1) is 32.0. The van der Waals surface area contributed by atoms with Gasteiger partial charge < -0.3 is 0 Å². The molecule has 16 heteroatoms. The fourth-order valence-corrected chi connectivity index (χ4v) is 8.60. The number of thioether (sulfide) groups is 2. The van der Waals surface area contributed by atoms with E-state index in [-0.39, 0.29) is 45.3 Å². The molecule has 2 fully saturated rings. The van der Waals surface area contributed by atoms with Crippen LogP contribution in [-0.4, -0.2) is 99.9 Å². The van der Waals surface area contributed by atoms with Gasteiger partial charge in [-0.2, -0.15) is 10.0 Å². The van der Waals surface area contributed by atoms with Gasteiger partial charge in [-0.15, -0.1) is 10.2 Å². The summed E-state index contributed by atoms with van der Waals surface area (Å²) < 4.78 is 0. The Morgan fingerprint density at radius 1 is 0.568 bits per heavy atom. The normalized spacial score (nSPS) is 26.2. The number of hydrazone groups is 2. The predicted octanol–water partition coefficient (Wildman–Crippen LogP) is 2.69. The number of hydrogen-bond acceptors (Lipinski definition) is 12. The van der Waals surface area contributed by atoms with Crippen molar-refractivity contribution in [3.05, 3.63) is 0 Å². The lowest BCUT2D eigenvalue weighted by molar-refractivity contribution is -0.143. The minimum atomic E-state index is -0.979. The molecule has 0 unspecified atom stereocenters. The highest BCUT2D eigenvalue weighted by molar-refractivity contribution is 8.14. The average molecular weight is 645 g/mol. The second-order valence-corrected chi connectivity index (χ2v) is 13.4. The molecule has 4 bridgehead atoms. The summed E-state index contributed by atoms with van der Waals surface area (Å²) in [6, 6.07) is 0. The van der Waals surface area contributed by atoms with E-state index < -0.39 is 34.7 Å². The Morgan fingerprint density at radius 2 is 0.909 bits per heavy atom. The summed E-state index contributed by atoms with van der Waals surface area (Å²) >= 11 is 1.93. The topological polar surface area (TPSA) is 165 Å². The minimum absolute atomic E-state index is 0.149. The summed E-state index contributed by atoms with van der Waals surface area (Å²) in [5.74, 6) is -3.45. The number of amidine groups is 4. The van der Waals surface area contributed by atoms with Crippen molar-refractivity contribution in [2.75, 3.05) is 11.5 Å². The van der Waals surface area contributed by atoms with Gasteiger partial charge >= 0.3 is 0 Å². The van der Waals surface area contributed by atoms with Crippen LogP contribution >= 0.6 is 23.5 Å². The van der Waals surface area contributed by atoms with Gasteiger partial charge in [-0.25, -0.2) is 9.98 Å². The van der Waals surface area contributed by atoms with Gasteiger partial charge in [0.25, 0.3) is 11.8 Å². The van der Waals surface area contributed by atoms with Crippen molar-refractivity contribution in [2.24, 2.45) is 20.2 Å². The molecule has 6 amide bonds. The predicted molar refractivity (Wildman–Crippen MR) is 166 cm³/mol. The number of carbonyl (C=O) groups excluding carboxylic acids is 6. The maximum atomic E-state index is 13.6. The van der Waals surface area contributed by atoms with E-state index in [1.165, 1.54) is 37.5 Å². The van der Waals surface area contributed by atoms with E-state index in [0.29, 0.717) is 25.7 Å². The molecule has 236 valence electrons. The molecule has 0 saturated heterocycles. The van der Waals surface area contributed by atoms with Crippen LogP contribution in [0.4, 0.5) is 0 Å². The van der Waals surface area contributed by atoms with Crippen molar-refractivity contribution >= 4 is 81.0 Å². The lowest BCUT2D eigenvalue weighted by atomic mass is 9.80. The van der Waals surface area contributed by atoms with Gasteiger partial charge in [0.1, 0.15) is 11.1 Å². The molecule has 0 atom stereocenters. The first-order valence-corrected chi connectivity index (χ1v) is 16.8. The second-order valence-electron chi connectivity index (χ2n) is 11.6. The number of amides is 6. The standard InChI is InChI=1S/C28H36N8O6S2/c1-17(37)33-25-29-23(27(33)11-7-5-8-12-27)31-35(19(3)39)22(42)16-44-26-30-24(32-36(20(4)40)21(41)15-43-25)28(34(26)18(2)38)13-9-6-10-14-28/h5-16H2,1-4H3/b31-23-,32-24-. The highest BCUT2D eigenvalue weighted by atomic mass is 32.2.